The minimum absolute atomic E-state index is 0.0501. The van der Waals surface area contributed by atoms with Crippen LogP contribution in [0.1, 0.15) is 36.2 Å². The summed E-state index contributed by atoms with van der Waals surface area (Å²) < 4.78 is 0. The topological polar surface area (TPSA) is 58.1 Å². The molecule has 1 aliphatic heterocycles. The molecule has 1 amide bonds. The fourth-order valence-corrected chi connectivity index (χ4v) is 2.68. The van der Waals surface area contributed by atoms with Gasteiger partial charge in [0.2, 0.25) is 0 Å². The third kappa shape index (κ3) is 3.10. The maximum absolute atomic E-state index is 12.5. The van der Waals surface area contributed by atoms with Crippen LogP contribution in [-0.2, 0) is 0 Å². The molecule has 0 radical (unpaired) electrons. The van der Waals surface area contributed by atoms with Gasteiger partial charge in [0.1, 0.15) is 5.69 Å². The third-order valence-electron chi connectivity index (χ3n) is 3.94. The van der Waals surface area contributed by atoms with E-state index in [1.807, 2.05) is 4.90 Å². The van der Waals surface area contributed by atoms with Crippen molar-refractivity contribution >= 4 is 5.91 Å². The summed E-state index contributed by atoms with van der Waals surface area (Å²) in [5.74, 6) is 0.677. The maximum Gasteiger partial charge on any atom is 0.274 e. The van der Waals surface area contributed by atoms with Gasteiger partial charge in [-0.2, -0.15) is 0 Å². The Bertz CT molecular complexity index is 426. The second kappa shape index (κ2) is 5.65. The molecule has 0 spiro atoms. The molecule has 2 fully saturated rings. The van der Waals surface area contributed by atoms with Gasteiger partial charge >= 0.3 is 0 Å². The standard InChI is InChI=1S/C14H20N4O/c19-14(13-9-16-7-8-17-13)18(12-1-2-12)10-11-3-5-15-6-4-11/h7-9,11-12,15H,1-6,10H2. The summed E-state index contributed by atoms with van der Waals surface area (Å²) in [5.41, 5.74) is 0.475. The number of carbonyl (C=O) groups is 1. The number of carbonyl (C=O) groups excluding carboxylic acids is 1. The SMILES string of the molecule is O=C(c1cnccn1)N(CC1CCNCC1)C1CC1. The summed E-state index contributed by atoms with van der Waals surface area (Å²) in [5, 5.41) is 3.37. The average molecular weight is 260 g/mol. The molecule has 19 heavy (non-hydrogen) atoms. The van der Waals surface area contributed by atoms with Crippen LogP contribution in [0.5, 0.6) is 0 Å². The zero-order valence-electron chi connectivity index (χ0n) is 11.1. The van der Waals surface area contributed by atoms with Gasteiger partial charge in [0.15, 0.2) is 0 Å². The van der Waals surface area contributed by atoms with Crippen molar-refractivity contribution < 1.29 is 4.79 Å². The molecule has 3 rings (SSSR count). The molecule has 1 aromatic heterocycles. The molecule has 0 atom stereocenters. The molecule has 1 N–H and O–H groups in total. The highest BCUT2D eigenvalue weighted by Crippen LogP contribution is 2.30. The summed E-state index contributed by atoms with van der Waals surface area (Å²) in [4.78, 5) is 22.7. The van der Waals surface area contributed by atoms with Crippen LogP contribution >= 0.6 is 0 Å². The van der Waals surface area contributed by atoms with Gasteiger partial charge in [-0.3, -0.25) is 9.78 Å². The number of nitrogens with one attached hydrogen (secondary N) is 1. The molecular weight excluding hydrogens is 240 g/mol. The monoisotopic (exact) mass is 260 g/mol. The van der Waals surface area contributed by atoms with E-state index in [0.717, 1.165) is 45.3 Å². The molecular formula is C14H20N4O. The molecule has 0 unspecified atom stereocenters. The highest BCUT2D eigenvalue weighted by Gasteiger charge is 2.35. The summed E-state index contributed by atoms with van der Waals surface area (Å²) in [6.45, 7) is 3.02. The van der Waals surface area contributed by atoms with Crippen molar-refractivity contribution in [3.05, 3.63) is 24.3 Å². The van der Waals surface area contributed by atoms with Crippen molar-refractivity contribution in [2.45, 2.75) is 31.7 Å². The molecule has 1 aliphatic carbocycles. The van der Waals surface area contributed by atoms with Gasteiger partial charge in [-0.1, -0.05) is 0 Å². The number of hydrogen-bond acceptors (Lipinski definition) is 4. The zero-order chi connectivity index (χ0) is 13.1. The lowest BCUT2D eigenvalue weighted by molar-refractivity contribution is 0.0695. The predicted molar refractivity (Wildman–Crippen MR) is 71.7 cm³/mol. The first-order chi connectivity index (χ1) is 9.34. The van der Waals surface area contributed by atoms with E-state index in [1.54, 1.807) is 18.6 Å². The van der Waals surface area contributed by atoms with Gasteiger partial charge in [0.25, 0.3) is 5.91 Å². The molecule has 1 aromatic rings. The Labute approximate surface area is 113 Å². The lowest BCUT2D eigenvalue weighted by atomic mass is 9.97. The van der Waals surface area contributed by atoms with Crippen LogP contribution in [0.15, 0.2) is 18.6 Å². The Morgan fingerprint density at radius 1 is 1.26 bits per heavy atom. The largest absolute Gasteiger partial charge is 0.334 e. The lowest BCUT2D eigenvalue weighted by Crippen LogP contribution is -2.40. The first kappa shape index (κ1) is 12.5. The Balaban J connectivity index is 1.68. The van der Waals surface area contributed by atoms with Crippen LogP contribution < -0.4 is 5.32 Å². The molecule has 5 nitrogen and oxygen atoms in total. The molecule has 2 aliphatic rings. The number of aromatic nitrogens is 2. The highest BCUT2D eigenvalue weighted by atomic mass is 16.2. The van der Waals surface area contributed by atoms with Gasteiger partial charge in [-0.05, 0) is 44.7 Å². The number of amides is 1. The minimum atomic E-state index is 0.0501. The van der Waals surface area contributed by atoms with Gasteiger partial charge in [-0.25, -0.2) is 4.98 Å². The highest BCUT2D eigenvalue weighted by molar-refractivity contribution is 5.92. The Morgan fingerprint density at radius 2 is 2.05 bits per heavy atom. The molecule has 102 valence electrons. The normalized spacial score (nSPS) is 20.2. The van der Waals surface area contributed by atoms with E-state index >= 15 is 0 Å². The van der Waals surface area contributed by atoms with Crippen molar-refractivity contribution in [3.8, 4) is 0 Å². The molecule has 1 saturated heterocycles. The van der Waals surface area contributed by atoms with Crippen LogP contribution in [0.25, 0.3) is 0 Å². The Kier molecular flexibility index (Phi) is 3.73. The lowest BCUT2D eigenvalue weighted by Gasteiger charge is -2.30. The molecule has 0 bridgehead atoms. The van der Waals surface area contributed by atoms with Crippen molar-refractivity contribution in [2.24, 2.45) is 5.92 Å². The minimum Gasteiger partial charge on any atom is -0.334 e. The average Bonchev–Trinajstić information content (AvgIpc) is 3.31. The summed E-state index contributed by atoms with van der Waals surface area (Å²) >= 11 is 0. The van der Waals surface area contributed by atoms with Crippen molar-refractivity contribution in [3.63, 3.8) is 0 Å². The number of rotatable bonds is 4. The van der Waals surface area contributed by atoms with E-state index in [2.05, 4.69) is 15.3 Å². The van der Waals surface area contributed by atoms with Gasteiger partial charge in [0, 0.05) is 25.0 Å². The smallest absolute Gasteiger partial charge is 0.274 e. The maximum atomic E-state index is 12.5. The summed E-state index contributed by atoms with van der Waals surface area (Å²) in [6, 6.07) is 0.435. The van der Waals surface area contributed by atoms with Crippen LogP contribution in [0.4, 0.5) is 0 Å². The van der Waals surface area contributed by atoms with Crippen molar-refractivity contribution in [2.75, 3.05) is 19.6 Å². The number of piperidine rings is 1. The predicted octanol–water partition coefficient (Wildman–Crippen LogP) is 1.08. The van der Waals surface area contributed by atoms with Crippen LogP contribution in [0, 0.1) is 5.92 Å². The van der Waals surface area contributed by atoms with Gasteiger partial charge in [0.05, 0.1) is 6.20 Å². The molecule has 1 saturated carbocycles. The fourth-order valence-electron chi connectivity index (χ4n) is 2.68. The first-order valence-corrected chi connectivity index (χ1v) is 7.12. The Hall–Kier alpha value is -1.49. The molecule has 0 aromatic carbocycles. The second-order valence-corrected chi connectivity index (χ2v) is 5.47. The zero-order valence-corrected chi connectivity index (χ0v) is 11.1. The van der Waals surface area contributed by atoms with Crippen molar-refractivity contribution in [1.29, 1.82) is 0 Å². The second-order valence-electron chi connectivity index (χ2n) is 5.47. The van der Waals surface area contributed by atoms with Gasteiger partial charge in [-0.15, -0.1) is 0 Å². The first-order valence-electron chi connectivity index (χ1n) is 7.12. The molecule has 5 heteroatoms. The van der Waals surface area contributed by atoms with E-state index in [-0.39, 0.29) is 5.91 Å². The van der Waals surface area contributed by atoms with E-state index in [4.69, 9.17) is 0 Å². The number of nitrogens with zero attached hydrogens (tertiary/aromatic N) is 3. The van der Waals surface area contributed by atoms with Crippen LogP contribution in [0.3, 0.4) is 0 Å². The van der Waals surface area contributed by atoms with E-state index < -0.39 is 0 Å². The third-order valence-corrected chi connectivity index (χ3v) is 3.94. The van der Waals surface area contributed by atoms with E-state index in [9.17, 15) is 4.79 Å². The van der Waals surface area contributed by atoms with E-state index in [0.29, 0.717) is 17.7 Å². The summed E-state index contributed by atoms with van der Waals surface area (Å²) in [7, 11) is 0. The fraction of sp³-hybridized carbons (Fsp3) is 0.643. The van der Waals surface area contributed by atoms with Crippen LogP contribution in [-0.4, -0.2) is 46.5 Å². The number of hydrogen-bond donors (Lipinski definition) is 1. The quantitative estimate of drug-likeness (QED) is 0.880. The van der Waals surface area contributed by atoms with Gasteiger partial charge < -0.3 is 10.2 Å². The van der Waals surface area contributed by atoms with E-state index in [1.165, 1.54) is 0 Å². The van der Waals surface area contributed by atoms with Crippen molar-refractivity contribution in [1.82, 2.24) is 20.2 Å². The molecule has 2 heterocycles. The Morgan fingerprint density at radius 3 is 2.68 bits per heavy atom. The van der Waals surface area contributed by atoms with Crippen LogP contribution in [0.2, 0.25) is 0 Å². The summed E-state index contributed by atoms with van der Waals surface area (Å²) in [6.07, 6.45) is 9.36.